The quantitative estimate of drug-likeness (QED) is 0.192. The molecule has 2 amide bonds. The number of para-hydroxylation sites is 1. The van der Waals surface area contributed by atoms with Gasteiger partial charge in [0.05, 0.1) is 35.4 Å². The summed E-state index contributed by atoms with van der Waals surface area (Å²) in [6.07, 6.45) is 11.2. The third-order valence-corrected chi connectivity index (χ3v) is 10.1. The highest BCUT2D eigenvalue weighted by Gasteiger charge is 2.28. The number of carbonyl (C=O) groups excluding carboxylic acids is 3. The normalized spacial score (nSPS) is 16.6. The molecular weight excluding hydrogens is 662 g/mol. The highest BCUT2D eigenvalue weighted by molar-refractivity contribution is 5.93. The van der Waals surface area contributed by atoms with Gasteiger partial charge >= 0.3 is 11.8 Å². The monoisotopic (exact) mass is 717 g/mol. The lowest BCUT2D eigenvalue weighted by Gasteiger charge is -2.29. The van der Waals surface area contributed by atoms with Gasteiger partial charge in [-0.15, -0.1) is 0 Å². The lowest BCUT2D eigenvalue weighted by molar-refractivity contribution is -0.124. The first-order valence-corrected chi connectivity index (χ1v) is 18.5. The fourth-order valence-electron chi connectivity index (χ4n) is 7.47. The molecular formula is C39H55N7O6. The van der Waals surface area contributed by atoms with E-state index in [2.05, 4.69) is 39.5 Å². The van der Waals surface area contributed by atoms with Gasteiger partial charge in [0.15, 0.2) is 0 Å². The summed E-state index contributed by atoms with van der Waals surface area (Å²) in [5.41, 5.74) is 3.53. The Balaban J connectivity index is 0.000000202. The van der Waals surface area contributed by atoms with Crippen LogP contribution in [0.5, 0.6) is 5.75 Å². The van der Waals surface area contributed by atoms with Gasteiger partial charge in [0, 0.05) is 38.2 Å². The third kappa shape index (κ3) is 8.86. The first-order valence-electron chi connectivity index (χ1n) is 18.5. The maximum atomic E-state index is 13.0. The second-order valence-corrected chi connectivity index (χ2v) is 15.0. The largest absolute Gasteiger partial charge is 0.494 e. The summed E-state index contributed by atoms with van der Waals surface area (Å²) in [5.74, 6) is 0.725. The van der Waals surface area contributed by atoms with E-state index in [9.17, 15) is 19.2 Å². The molecule has 1 aliphatic carbocycles. The summed E-state index contributed by atoms with van der Waals surface area (Å²) in [5, 5.41) is 11.1. The van der Waals surface area contributed by atoms with E-state index < -0.39 is 17.7 Å². The van der Waals surface area contributed by atoms with Crippen LogP contribution in [0.3, 0.4) is 0 Å². The van der Waals surface area contributed by atoms with Gasteiger partial charge in [-0.25, -0.2) is 9.59 Å². The number of aryl methyl sites for hydroxylation is 1. The average molecular weight is 718 g/mol. The number of aromatic nitrogens is 4. The number of hydrogen-bond donors (Lipinski definition) is 2. The van der Waals surface area contributed by atoms with Gasteiger partial charge in [0.25, 0.3) is 0 Å². The molecule has 1 aliphatic heterocycles. The molecule has 2 aromatic heterocycles. The van der Waals surface area contributed by atoms with Crippen LogP contribution in [0.15, 0.2) is 41.3 Å². The van der Waals surface area contributed by atoms with Crippen molar-refractivity contribution in [1.29, 1.82) is 0 Å². The van der Waals surface area contributed by atoms with Gasteiger partial charge in [-0.3, -0.25) is 23.9 Å². The molecule has 1 atom stereocenters. The van der Waals surface area contributed by atoms with E-state index in [4.69, 9.17) is 14.6 Å². The standard InChI is InChI=1S/C20H28N4O3.C19H27N3O3/c1-21-19(26)17(8-5-13-25)24-16-7-4-6-15(18(16)23(3)20(24)27)14-9-11-22(2)12-10-14;1-19(2,3)25-18(23)20-16-10-13-12-22(14-8-6-5-7-9-14)21-15(13)11-17(16)24-4/h4,6-7,13-14,17H,5,8-12H2,1-3H3,(H,21,26);10-12,14H,5-9H2,1-4H3,(H,20,23). The Morgan fingerprint density at radius 2 is 1.77 bits per heavy atom. The molecule has 6 rings (SSSR count). The molecule has 0 spiro atoms. The van der Waals surface area contributed by atoms with Crippen LogP contribution in [0.25, 0.3) is 21.9 Å². The SMILES string of the molecule is CNC(=O)C(CCC=O)n1c(=O)n(C)c2c(C3CCN(C)CC3)cccc21.COc1cc2nn(C3CCCCC3)cc2cc1NC(=O)OC(C)(C)C. The van der Waals surface area contributed by atoms with E-state index in [1.54, 1.807) is 30.3 Å². The number of fused-ring (bicyclic) bond motifs is 2. The smallest absolute Gasteiger partial charge is 0.412 e. The van der Waals surface area contributed by atoms with Crippen LogP contribution in [0.4, 0.5) is 10.5 Å². The lowest BCUT2D eigenvalue weighted by atomic mass is 9.88. The molecule has 2 aliphatic rings. The molecule has 1 saturated heterocycles. The van der Waals surface area contributed by atoms with Gasteiger partial charge in [-0.2, -0.15) is 5.10 Å². The number of rotatable bonds is 9. The zero-order valence-corrected chi connectivity index (χ0v) is 31.7. The molecule has 3 heterocycles. The highest BCUT2D eigenvalue weighted by Crippen LogP contribution is 2.35. The Morgan fingerprint density at radius 1 is 1.06 bits per heavy atom. The second-order valence-electron chi connectivity index (χ2n) is 15.0. The van der Waals surface area contributed by atoms with Crippen LogP contribution in [0.2, 0.25) is 0 Å². The number of aldehydes is 1. The summed E-state index contributed by atoms with van der Waals surface area (Å²) < 4.78 is 16.0. The zero-order chi connectivity index (χ0) is 37.6. The lowest BCUT2D eigenvalue weighted by Crippen LogP contribution is -2.36. The van der Waals surface area contributed by atoms with Crippen LogP contribution in [0.1, 0.15) is 102 Å². The Morgan fingerprint density at radius 3 is 2.40 bits per heavy atom. The number of benzene rings is 2. The fraction of sp³-hybridized carbons (Fsp3) is 0.564. The van der Waals surface area contributed by atoms with Crippen LogP contribution in [0, 0.1) is 0 Å². The number of nitrogens with zero attached hydrogens (tertiary/aromatic N) is 5. The highest BCUT2D eigenvalue weighted by atomic mass is 16.6. The minimum atomic E-state index is -0.691. The Hall–Kier alpha value is -4.65. The van der Waals surface area contributed by atoms with Gasteiger partial charge < -0.3 is 24.5 Å². The number of likely N-dealkylation sites (tertiary alicyclic amines) is 1. The van der Waals surface area contributed by atoms with Crippen molar-refractivity contribution in [3.8, 4) is 5.75 Å². The Labute approximate surface area is 305 Å². The predicted molar refractivity (Wildman–Crippen MR) is 203 cm³/mol. The molecule has 4 aromatic rings. The van der Waals surface area contributed by atoms with Crippen molar-refractivity contribution in [1.82, 2.24) is 29.1 Å². The van der Waals surface area contributed by atoms with Crippen molar-refractivity contribution in [3.63, 3.8) is 0 Å². The summed E-state index contributed by atoms with van der Waals surface area (Å²) in [7, 11) is 7.03. The van der Waals surface area contributed by atoms with Crippen LogP contribution in [-0.2, 0) is 21.4 Å². The van der Waals surface area contributed by atoms with Crippen molar-refractivity contribution in [2.45, 2.75) is 102 Å². The van der Waals surface area contributed by atoms with E-state index in [0.717, 1.165) is 54.2 Å². The van der Waals surface area contributed by atoms with E-state index in [-0.39, 0.29) is 18.0 Å². The minimum Gasteiger partial charge on any atom is -0.494 e. The van der Waals surface area contributed by atoms with Crippen LogP contribution in [-0.4, -0.2) is 82.0 Å². The molecule has 2 aromatic carbocycles. The number of piperidine rings is 1. The number of likely N-dealkylation sites (N-methyl/N-ethyl adjacent to an activating group) is 1. The third-order valence-electron chi connectivity index (χ3n) is 10.1. The molecule has 1 saturated carbocycles. The fourth-order valence-corrected chi connectivity index (χ4v) is 7.47. The summed E-state index contributed by atoms with van der Waals surface area (Å²) >= 11 is 0. The number of hydrogen-bond acceptors (Lipinski definition) is 8. The molecule has 1 unspecified atom stereocenters. The van der Waals surface area contributed by atoms with E-state index in [1.165, 1.54) is 37.7 Å². The number of methoxy groups -OCH3 is 1. The first kappa shape index (κ1) is 38.6. The Bertz CT molecular complexity index is 1920. The van der Waals surface area contributed by atoms with Crippen molar-refractivity contribution in [2.24, 2.45) is 7.05 Å². The Kier molecular flexibility index (Phi) is 12.5. The van der Waals surface area contributed by atoms with Crippen LogP contribution >= 0.6 is 0 Å². The van der Waals surface area contributed by atoms with E-state index in [0.29, 0.717) is 29.8 Å². The average Bonchev–Trinajstić information content (AvgIpc) is 3.65. The second kappa shape index (κ2) is 16.8. The predicted octanol–water partition coefficient (Wildman–Crippen LogP) is 6.31. The number of nitrogens with one attached hydrogen (secondary N) is 2. The maximum Gasteiger partial charge on any atom is 0.412 e. The molecule has 2 N–H and O–H groups in total. The van der Waals surface area contributed by atoms with Crippen LogP contribution < -0.4 is 21.1 Å². The van der Waals surface area contributed by atoms with E-state index >= 15 is 0 Å². The minimum absolute atomic E-state index is 0.218. The molecule has 13 heteroatoms. The molecule has 282 valence electrons. The van der Waals surface area contributed by atoms with Gasteiger partial charge in [0.1, 0.15) is 23.7 Å². The molecule has 0 bridgehead atoms. The van der Waals surface area contributed by atoms with E-state index in [1.807, 2.05) is 45.0 Å². The molecule has 2 fully saturated rings. The zero-order valence-electron chi connectivity index (χ0n) is 31.7. The van der Waals surface area contributed by atoms with Gasteiger partial charge in [-0.1, -0.05) is 31.4 Å². The number of amides is 2. The van der Waals surface area contributed by atoms with Gasteiger partial charge in [0.2, 0.25) is 5.91 Å². The maximum absolute atomic E-state index is 13.0. The molecule has 52 heavy (non-hydrogen) atoms. The molecule has 13 nitrogen and oxygen atoms in total. The number of carbonyl (C=O) groups is 3. The molecule has 0 radical (unpaired) electrons. The van der Waals surface area contributed by atoms with Crippen molar-refractivity contribution in [2.75, 3.05) is 39.6 Å². The first-order chi connectivity index (χ1) is 24.8. The van der Waals surface area contributed by atoms with Crippen molar-refractivity contribution in [3.05, 3.63) is 52.6 Å². The van der Waals surface area contributed by atoms with Crippen molar-refractivity contribution >= 4 is 45.9 Å². The summed E-state index contributed by atoms with van der Waals surface area (Å²) in [6, 6.07) is 9.49. The number of imidazole rings is 1. The van der Waals surface area contributed by atoms with Crippen molar-refractivity contribution < 1.29 is 23.9 Å². The number of ether oxygens (including phenoxy) is 2. The summed E-state index contributed by atoms with van der Waals surface area (Å²) in [4.78, 5) is 50.8. The summed E-state index contributed by atoms with van der Waals surface area (Å²) in [6.45, 7) is 7.58. The van der Waals surface area contributed by atoms with Gasteiger partial charge in [-0.05, 0) is 96.6 Å². The number of anilines is 1. The topological polar surface area (TPSA) is 142 Å².